The molecule has 12 heavy (non-hydrogen) atoms. The second-order valence-corrected chi connectivity index (χ2v) is 2.58. The van der Waals surface area contributed by atoms with Crippen LogP contribution in [0.4, 0.5) is 13.2 Å². The highest BCUT2D eigenvalue weighted by atomic mass is 19.4. The minimum Gasteiger partial charge on any atom is -0.459 e. The maximum absolute atomic E-state index is 11.8. The third-order valence-electron chi connectivity index (χ3n) is 1.39. The average molecular weight is 180 g/mol. The van der Waals surface area contributed by atoms with Crippen LogP contribution in [0.3, 0.4) is 0 Å². The molecular formula is C7H7F3O2. The van der Waals surface area contributed by atoms with Gasteiger partial charge in [-0.15, -0.1) is 0 Å². The van der Waals surface area contributed by atoms with E-state index in [0.29, 0.717) is 12.8 Å². The number of hydrogen-bond acceptors (Lipinski definition) is 2. The normalized spacial score (nSPS) is 17.2. The monoisotopic (exact) mass is 180 g/mol. The van der Waals surface area contributed by atoms with E-state index in [1.807, 2.05) is 0 Å². The maximum atomic E-state index is 11.8. The Balaban J connectivity index is 2.45. The van der Waals surface area contributed by atoms with Gasteiger partial charge in [-0.1, -0.05) is 6.58 Å². The predicted molar refractivity (Wildman–Crippen MR) is 34.3 cm³/mol. The van der Waals surface area contributed by atoms with Gasteiger partial charge in [0.25, 0.3) is 0 Å². The van der Waals surface area contributed by atoms with E-state index >= 15 is 0 Å². The fourth-order valence-corrected chi connectivity index (χ4v) is 0.524. The van der Waals surface area contributed by atoms with Crippen molar-refractivity contribution < 1.29 is 22.7 Å². The molecule has 2 nitrogen and oxygen atoms in total. The minimum absolute atomic E-state index is 0.323. The Morgan fingerprint density at radius 1 is 1.42 bits per heavy atom. The molecule has 0 N–H and O–H groups in total. The summed E-state index contributed by atoms with van der Waals surface area (Å²) in [6.07, 6.45) is -3.70. The lowest BCUT2D eigenvalue weighted by atomic mass is 10.3. The molecule has 0 aliphatic heterocycles. The van der Waals surface area contributed by atoms with Gasteiger partial charge in [0, 0.05) is 0 Å². The topological polar surface area (TPSA) is 26.3 Å². The molecule has 0 atom stereocenters. The highest BCUT2D eigenvalue weighted by Crippen LogP contribution is 2.29. The summed E-state index contributed by atoms with van der Waals surface area (Å²) in [6, 6.07) is 0. The molecule has 0 unspecified atom stereocenters. The zero-order chi connectivity index (χ0) is 9.35. The Labute approximate surface area is 67.0 Å². The van der Waals surface area contributed by atoms with Gasteiger partial charge in [-0.05, 0) is 12.8 Å². The van der Waals surface area contributed by atoms with Crippen molar-refractivity contribution in [2.75, 3.05) is 0 Å². The Morgan fingerprint density at radius 3 is 2.25 bits per heavy atom. The molecule has 0 aromatic rings. The van der Waals surface area contributed by atoms with Crippen molar-refractivity contribution in [3.8, 4) is 0 Å². The molecule has 0 amide bonds. The number of alkyl halides is 3. The van der Waals surface area contributed by atoms with Crippen LogP contribution in [0.15, 0.2) is 12.2 Å². The van der Waals surface area contributed by atoms with Crippen LogP contribution in [0, 0.1) is 0 Å². The molecule has 1 fully saturated rings. The van der Waals surface area contributed by atoms with Gasteiger partial charge < -0.3 is 4.74 Å². The van der Waals surface area contributed by atoms with Gasteiger partial charge in [0.2, 0.25) is 0 Å². The summed E-state index contributed by atoms with van der Waals surface area (Å²) < 4.78 is 39.7. The van der Waals surface area contributed by atoms with Crippen molar-refractivity contribution in [1.82, 2.24) is 0 Å². The van der Waals surface area contributed by atoms with E-state index in [9.17, 15) is 18.0 Å². The van der Waals surface area contributed by atoms with Crippen molar-refractivity contribution in [3.63, 3.8) is 0 Å². The second kappa shape index (κ2) is 2.80. The van der Waals surface area contributed by atoms with Crippen molar-refractivity contribution in [1.29, 1.82) is 0 Å². The number of ether oxygens (including phenoxy) is 1. The van der Waals surface area contributed by atoms with Crippen LogP contribution in [0.25, 0.3) is 0 Å². The molecule has 68 valence electrons. The lowest BCUT2D eigenvalue weighted by Gasteiger charge is -2.08. The van der Waals surface area contributed by atoms with Crippen LogP contribution in [-0.4, -0.2) is 18.2 Å². The average Bonchev–Trinajstić information content (AvgIpc) is 2.68. The Kier molecular flexibility index (Phi) is 2.12. The van der Waals surface area contributed by atoms with Crippen molar-refractivity contribution in [2.45, 2.75) is 25.1 Å². The number of carbonyl (C=O) groups is 1. The first kappa shape index (κ1) is 9.09. The minimum atomic E-state index is -4.67. The molecule has 0 aromatic carbocycles. The standard InChI is InChI=1S/C7H7F3O2/c1-4(7(8,9)10)6(11)12-5-2-3-5/h5H,1-3H2. The summed E-state index contributed by atoms with van der Waals surface area (Å²) in [5, 5.41) is 0. The number of esters is 1. The van der Waals surface area contributed by atoms with Crippen LogP contribution in [0.1, 0.15) is 12.8 Å². The summed E-state index contributed by atoms with van der Waals surface area (Å²) >= 11 is 0. The highest BCUT2D eigenvalue weighted by Gasteiger charge is 2.40. The van der Waals surface area contributed by atoms with Gasteiger partial charge in [-0.25, -0.2) is 4.79 Å². The number of hydrogen-bond donors (Lipinski definition) is 0. The molecule has 0 aromatic heterocycles. The third kappa shape index (κ3) is 2.25. The zero-order valence-electron chi connectivity index (χ0n) is 6.15. The Morgan fingerprint density at radius 2 is 1.92 bits per heavy atom. The van der Waals surface area contributed by atoms with E-state index < -0.39 is 17.7 Å². The Bertz CT molecular complexity index is 215. The first-order valence-electron chi connectivity index (χ1n) is 3.38. The SMILES string of the molecule is C=C(C(=O)OC1CC1)C(F)(F)F. The zero-order valence-corrected chi connectivity index (χ0v) is 6.15. The van der Waals surface area contributed by atoms with Gasteiger partial charge in [-0.3, -0.25) is 0 Å². The second-order valence-electron chi connectivity index (χ2n) is 2.58. The van der Waals surface area contributed by atoms with Gasteiger partial charge in [0.15, 0.2) is 0 Å². The van der Waals surface area contributed by atoms with Crippen LogP contribution in [-0.2, 0) is 9.53 Å². The molecule has 0 spiro atoms. The van der Waals surface area contributed by atoms with Crippen LogP contribution < -0.4 is 0 Å². The first-order chi connectivity index (χ1) is 5.41. The van der Waals surface area contributed by atoms with E-state index in [2.05, 4.69) is 11.3 Å². The molecule has 1 aliphatic rings. The van der Waals surface area contributed by atoms with Crippen LogP contribution >= 0.6 is 0 Å². The van der Waals surface area contributed by atoms with Crippen molar-refractivity contribution >= 4 is 5.97 Å². The van der Waals surface area contributed by atoms with Crippen LogP contribution in [0.2, 0.25) is 0 Å². The molecule has 1 rings (SSSR count). The lowest BCUT2D eigenvalue weighted by molar-refractivity contribution is -0.151. The highest BCUT2D eigenvalue weighted by molar-refractivity contribution is 5.89. The molecule has 0 heterocycles. The van der Waals surface area contributed by atoms with E-state index in [1.165, 1.54) is 0 Å². The van der Waals surface area contributed by atoms with E-state index in [4.69, 9.17) is 0 Å². The number of halogens is 3. The summed E-state index contributed by atoms with van der Waals surface area (Å²) in [6.45, 7) is 2.61. The summed E-state index contributed by atoms with van der Waals surface area (Å²) in [4.78, 5) is 10.6. The van der Waals surface area contributed by atoms with Gasteiger partial charge in [0.1, 0.15) is 11.7 Å². The predicted octanol–water partition coefficient (Wildman–Crippen LogP) is 1.81. The van der Waals surface area contributed by atoms with Crippen molar-refractivity contribution in [2.24, 2.45) is 0 Å². The molecule has 0 radical (unpaired) electrons. The molecule has 0 saturated heterocycles. The molecule has 1 saturated carbocycles. The molecule has 5 heteroatoms. The summed E-state index contributed by atoms with van der Waals surface area (Å²) in [7, 11) is 0. The van der Waals surface area contributed by atoms with E-state index in [1.54, 1.807) is 0 Å². The van der Waals surface area contributed by atoms with E-state index in [-0.39, 0.29) is 6.10 Å². The quantitative estimate of drug-likeness (QED) is 0.478. The summed E-state index contributed by atoms with van der Waals surface area (Å²) in [5.41, 5.74) is -1.44. The largest absolute Gasteiger partial charge is 0.459 e. The molecular weight excluding hydrogens is 173 g/mol. The lowest BCUT2D eigenvalue weighted by Crippen LogP contribution is -2.21. The van der Waals surface area contributed by atoms with Gasteiger partial charge in [-0.2, -0.15) is 13.2 Å². The first-order valence-corrected chi connectivity index (χ1v) is 3.38. The van der Waals surface area contributed by atoms with Gasteiger partial charge >= 0.3 is 12.1 Å². The van der Waals surface area contributed by atoms with E-state index in [0.717, 1.165) is 0 Å². The Hall–Kier alpha value is -1.00. The number of carbonyl (C=O) groups excluding carboxylic acids is 1. The summed E-state index contributed by atoms with van der Waals surface area (Å²) in [5.74, 6) is -1.36. The van der Waals surface area contributed by atoms with Crippen molar-refractivity contribution in [3.05, 3.63) is 12.2 Å². The third-order valence-corrected chi connectivity index (χ3v) is 1.39. The maximum Gasteiger partial charge on any atom is 0.422 e. The fourth-order valence-electron chi connectivity index (χ4n) is 0.524. The molecule has 1 aliphatic carbocycles. The van der Waals surface area contributed by atoms with Gasteiger partial charge in [0.05, 0.1) is 0 Å². The smallest absolute Gasteiger partial charge is 0.422 e. The molecule has 0 bridgehead atoms. The van der Waals surface area contributed by atoms with Crippen LogP contribution in [0.5, 0.6) is 0 Å². The fraction of sp³-hybridized carbons (Fsp3) is 0.571. The number of rotatable bonds is 2.